The number of aryl methyl sites for hydroxylation is 1. The summed E-state index contributed by atoms with van der Waals surface area (Å²) in [6.45, 7) is 2.02. The predicted octanol–water partition coefficient (Wildman–Crippen LogP) is 4.21. The van der Waals surface area contributed by atoms with Crippen LogP contribution in [-0.2, 0) is 16.4 Å². The molecule has 0 spiro atoms. The summed E-state index contributed by atoms with van der Waals surface area (Å²) < 4.78 is 27.3. The number of carbonyl (C=O) groups is 1. The molecule has 1 amide bonds. The molecule has 2 N–H and O–H groups in total. The van der Waals surface area contributed by atoms with Crippen LogP contribution in [0.5, 0.6) is 0 Å². The molecule has 3 aromatic rings. The molecule has 30 heavy (non-hydrogen) atoms. The lowest BCUT2D eigenvalue weighted by atomic mass is 10.1. The topological polar surface area (TPSA) is 118 Å². The quantitative estimate of drug-likeness (QED) is 0.434. The summed E-state index contributed by atoms with van der Waals surface area (Å²) in [5.74, 6) is -0.323. The van der Waals surface area contributed by atoms with Gasteiger partial charge in [-0.1, -0.05) is 25.1 Å². The van der Waals surface area contributed by atoms with Gasteiger partial charge in [-0.05, 0) is 54.4 Å². The second-order valence-electron chi connectivity index (χ2n) is 6.45. The van der Waals surface area contributed by atoms with Crippen molar-refractivity contribution in [2.75, 3.05) is 10.0 Å². The molecule has 0 aliphatic heterocycles. The summed E-state index contributed by atoms with van der Waals surface area (Å²) >= 11 is 0. The number of amides is 1. The Morgan fingerprint density at radius 3 is 2.33 bits per heavy atom. The third-order valence-corrected chi connectivity index (χ3v) is 5.71. The third-order valence-electron chi connectivity index (χ3n) is 4.33. The van der Waals surface area contributed by atoms with Gasteiger partial charge >= 0.3 is 0 Å². The minimum Gasteiger partial charge on any atom is -0.322 e. The highest BCUT2D eigenvalue weighted by Crippen LogP contribution is 2.21. The number of carbonyl (C=O) groups excluding carboxylic acids is 1. The van der Waals surface area contributed by atoms with Crippen LogP contribution in [0.15, 0.2) is 77.7 Å². The van der Waals surface area contributed by atoms with E-state index < -0.39 is 14.9 Å². The second-order valence-corrected chi connectivity index (χ2v) is 8.13. The minimum absolute atomic E-state index is 0.227. The SMILES string of the molecule is CCc1cccc(NC(=O)c2ccc(NS(=O)(=O)c3cccc([N+](=O)[O-])c3)cc2)c1. The standard InChI is InChI=1S/C21H19N3O5S/c1-2-15-5-3-6-18(13-15)22-21(25)16-9-11-17(12-10-16)23-30(28,29)20-8-4-7-19(14-20)24(26)27/h3-14,23H,2H2,1H3,(H,22,25). The van der Waals surface area contributed by atoms with Crippen molar-refractivity contribution < 1.29 is 18.1 Å². The smallest absolute Gasteiger partial charge is 0.270 e. The van der Waals surface area contributed by atoms with Gasteiger partial charge in [-0.25, -0.2) is 8.42 Å². The first-order valence-electron chi connectivity index (χ1n) is 9.06. The van der Waals surface area contributed by atoms with Gasteiger partial charge in [0.15, 0.2) is 0 Å². The Kier molecular flexibility index (Phi) is 6.12. The third kappa shape index (κ3) is 5.00. The van der Waals surface area contributed by atoms with Crippen molar-refractivity contribution >= 4 is 33.0 Å². The summed E-state index contributed by atoms with van der Waals surface area (Å²) in [4.78, 5) is 22.4. The van der Waals surface area contributed by atoms with Crippen LogP contribution in [0.2, 0.25) is 0 Å². The van der Waals surface area contributed by atoms with E-state index in [2.05, 4.69) is 10.0 Å². The number of rotatable bonds is 7. The van der Waals surface area contributed by atoms with Gasteiger partial charge in [-0.2, -0.15) is 0 Å². The first kappa shape index (κ1) is 21.0. The molecule has 0 radical (unpaired) electrons. The molecule has 0 aliphatic carbocycles. The van der Waals surface area contributed by atoms with Crippen LogP contribution in [0.25, 0.3) is 0 Å². The van der Waals surface area contributed by atoms with Gasteiger partial charge in [0.05, 0.1) is 9.82 Å². The summed E-state index contributed by atoms with van der Waals surface area (Å²) in [5.41, 5.74) is 2.03. The maximum atomic E-state index is 12.5. The summed E-state index contributed by atoms with van der Waals surface area (Å²) in [7, 11) is -4.01. The summed E-state index contributed by atoms with van der Waals surface area (Å²) in [5, 5.41) is 13.7. The van der Waals surface area contributed by atoms with E-state index in [1.807, 2.05) is 25.1 Å². The van der Waals surface area contributed by atoms with Crippen LogP contribution in [0, 0.1) is 10.1 Å². The molecule has 0 bridgehead atoms. The first-order chi connectivity index (χ1) is 14.3. The fourth-order valence-corrected chi connectivity index (χ4v) is 3.84. The van der Waals surface area contributed by atoms with E-state index in [1.54, 1.807) is 6.07 Å². The van der Waals surface area contributed by atoms with Gasteiger partial charge < -0.3 is 5.32 Å². The molecule has 3 rings (SSSR count). The number of hydrogen-bond donors (Lipinski definition) is 2. The Hall–Kier alpha value is -3.72. The zero-order valence-corrected chi connectivity index (χ0v) is 16.8. The number of sulfonamides is 1. The Labute approximate surface area is 173 Å². The van der Waals surface area contributed by atoms with Gasteiger partial charge in [0.25, 0.3) is 21.6 Å². The Balaban J connectivity index is 1.72. The number of nitro benzene ring substituents is 1. The maximum absolute atomic E-state index is 12.5. The van der Waals surface area contributed by atoms with E-state index in [4.69, 9.17) is 0 Å². The van der Waals surface area contributed by atoms with Crippen molar-refractivity contribution in [3.63, 3.8) is 0 Å². The molecule has 154 valence electrons. The fourth-order valence-electron chi connectivity index (χ4n) is 2.74. The molecule has 0 heterocycles. The summed E-state index contributed by atoms with van der Waals surface area (Å²) in [6.07, 6.45) is 0.850. The van der Waals surface area contributed by atoms with Crippen molar-refractivity contribution in [3.8, 4) is 0 Å². The number of hydrogen-bond acceptors (Lipinski definition) is 5. The number of nitrogens with zero attached hydrogens (tertiary/aromatic N) is 1. The zero-order valence-electron chi connectivity index (χ0n) is 16.0. The molecule has 0 saturated heterocycles. The van der Waals surface area contributed by atoms with E-state index in [9.17, 15) is 23.3 Å². The number of non-ortho nitro benzene ring substituents is 1. The van der Waals surface area contributed by atoms with Crippen molar-refractivity contribution in [3.05, 3.63) is 94.0 Å². The average Bonchev–Trinajstić information content (AvgIpc) is 2.74. The van der Waals surface area contributed by atoms with E-state index in [0.29, 0.717) is 11.3 Å². The number of nitro groups is 1. The molecule has 0 aromatic heterocycles. The van der Waals surface area contributed by atoms with Gasteiger partial charge in [0, 0.05) is 29.1 Å². The molecule has 0 atom stereocenters. The van der Waals surface area contributed by atoms with Gasteiger partial charge in [-0.15, -0.1) is 0 Å². The monoisotopic (exact) mass is 425 g/mol. The van der Waals surface area contributed by atoms with Gasteiger partial charge in [0.1, 0.15) is 0 Å². The second kappa shape index (κ2) is 8.75. The molecule has 9 heteroatoms. The van der Waals surface area contributed by atoms with Crippen molar-refractivity contribution in [2.24, 2.45) is 0 Å². The summed E-state index contributed by atoms with van der Waals surface area (Å²) in [6, 6.07) is 18.1. The normalized spacial score (nSPS) is 11.0. The highest BCUT2D eigenvalue weighted by molar-refractivity contribution is 7.92. The van der Waals surface area contributed by atoms with Crippen LogP contribution >= 0.6 is 0 Å². The van der Waals surface area contributed by atoms with Crippen molar-refractivity contribution in [1.29, 1.82) is 0 Å². The number of nitrogens with one attached hydrogen (secondary N) is 2. The van der Waals surface area contributed by atoms with Gasteiger partial charge in [-0.3, -0.25) is 19.6 Å². The molecule has 0 aliphatic rings. The highest BCUT2D eigenvalue weighted by atomic mass is 32.2. The lowest BCUT2D eigenvalue weighted by molar-refractivity contribution is -0.385. The van der Waals surface area contributed by atoms with E-state index in [0.717, 1.165) is 18.1 Å². The van der Waals surface area contributed by atoms with E-state index >= 15 is 0 Å². The largest absolute Gasteiger partial charge is 0.322 e. The Morgan fingerprint density at radius 1 is 0.967 bits per heavy atom. The predicted molar refractivity (Wildman–Crippen MR) is 114 cm³/mol. The van der Waals surface area contributed by atoms with Crippen LogP contribution < -0.4 is 10.0 Å². The molecular formula is C21H19N3O5S. The van der Waals surface area contributed by atoms with Crippen molar-refractivity contribution in [2.45, 2.75) is 18.2 Å². The Bertz CT molecular complexity index is 1190. The van der Waals surface area contributed by atoms with Crippen LogP contribution in [0.1, 0.15) is 22.8 Å². The van der Waals surface area contributed by atoms with Gasteiger partial charge in [0.2, 0.25) is 0 Å². The molecular weight excluding hydrogens is 406 g/mol. The van der Waals surface area contributed by atoms with E-state index in [-0.39, 0.29) is 22.2 Å². The number of benzene rings is 3. The van der Waals surface area contributed by atoms with Crippen molar-refractivity contribution in [1.82, 2.24) is 0 Å². The maximum Gasteiger partial charge on any atom is 0.270 e. The molecule has 8 nitrogen and oxygen atoms in total. The van der Waals surface area contributed by atoms with E-state index in [1.165, 1.54) is 42.5 Å². The molecule has 0 unspecified atom stereocenters. The molecule has 0 fully saturated rings. The van der Waals surface area contributed by atoms with Crippen LogP contribution in [0.4, 0.5) is 17.1 Å². The number of anilines is 2. The lowest BCUT2D eigenvalue weighted by Crippen LogP contribution is -2.14. The van der Waals surface area contributed by atoms with Crippen LogP contribution in [-0.4, -0.2) is 19.2 Å². The average molecular weight is 425 g/mol. The Morgan fingerprint density at radius 2 is 1.67 bits per heavy atom. The lowest BCUT2D eigenvalue weighted by Gasteiger charge is -2.10. The van der Waals surface area contributed by atoms with Crippen LogP contribution in [0.3, 0.4) is 0 Å². The fraction of sp³-hybridized carbons (Fsp3) is 0.0952. The highest BCUT2D eigenvalue weighted by Gasteiger charge is 2.18. The molecule has 0 saturated carbocycles. The minimum atomic E-state index is -4.01. The zero-order chi connectivity index (χ0) is 21.7. The first-order valence-corrected chi connectivity index (χ1v) is 10.5. The molecule has 3 aromatic carbocycles.